The average Bonchev–Trinajstić information content (AvgIpc) is 3.00. The Morgan fingerprint density at radius 2 is 1.85 bits per heavy atom. The lowest BCUT2D eigenvalue weighted by molar-refractivity contribution is -0.140. The molecule has 1 aliphatic heterocycles. The van der Waals surface area contributed by atoms with Gasteiger partial charge in [-0.2, -0.15) is 0 Å². The van der Waals surface area contributed by atoms with E-state index < -0.39 is 5.54 Å². The Labute approximate surface area is 162 Å². The van der Waals surface area contributed by atoms with Gasteiger partial charge in [-0.05, 0) is 30.5 Å². The lowest BCUT2D eigenvalue weighted by Gasteiger charge is -2.39. The molecular weight excluding hydrogens is 344 g/mol. The van der Waals surface area contributed by atoms with Crippen LogP contribution in [0.4, 0.5) is 0 Å². The molecule has 0 N–H and O–H groups in total. The highest BCUT2D eigenvalue weighted by atomic mass is 16.5. The van der Waals surface area contributed by atoms with Crippen molar-refractivity contribution in [3.05, 3.63) is 29.8 Å². The number of carbonyl (C=O) groups excluding carboxylic acids is 2. The molecule has 1 saturated heterocycles. The van der Waals surface area contributed by atoms with Gasteiger partial charge in [-0.3, -0.25) is 9.59 Å². The average molecular weight is 376 g/mol. The SMILES string of the molecule is COC[C@@]1(Cc2ccc(OC)cc2)C[C@H](C(=O)N(C)C)CN1C(=O)C(C)C. The first-order valence-electron chi connectivity index (χ1n) is 9.38. The van der Waals surface area contributed by atoms with Crippen LogP contribution in [0.2, 0.25) is 0 Å². The molecule has 27 heavy (non-hydrogen) atoms. The molecule has 0 aliphatic carbocycles. The van der Waals surface area contributed by atoms with Crippen LogP contribution < -0.4 is 4.74 Å². The number of ether oxygens (including phenoxy) is 2. The number of benzene rings is 1. The lowest BCUT2D eigenvalue weighted by Crippen LogP contribution is -2.53. The van der Waals surface area contributed by atoms with Gasteiger partial charge < -0.3 is 19.3 Å². The molecule has 0 bridgehead atoms. The van der Waals surface area contributed by atoms with Crippen LogP contribution >= 0.6 is 0 Å². The molecule has 0 aromatic heterocycles. The highest BCUT2D eigenvalue weighted by molar-refractivity contribution is 5.83. The van der Waals surface area contributed by atoms with Crippen LogP contribution in [0.5, 0.6) is 5.75 Å². The number of methoxy groups -OCH3 is 2. The first-order chi connectivity index (χ1) is 12.7. The smallest absolute Gasteiger partial charge is 0.227 e. The van der Waals surface area contributed by atoms with E-state index in [0.29, 0.717) is 26.0 Å². The highest BCUT2D eigenvalue weighted by Crippen LogP contribution is 2.38. The molecule has 1 heterocycles. The van der Waals surface area contributed by atoms with Gasteiger partial charge in [-0.15, -0.1) is 0 Å². The number of hydrogen-bond acceptors (Lipinski definition) is 4. The predicted molar refractivity (Wildman–Crippen MR) is 105 cm³/mol. The Bertz CT molecular complexity index is 657. The molecular formula is C21H32N2O4. The van der Waals surface area contributed by atoms with Crippen LogP contribution in [0, 0.1) is 11.8 Å². The van der Waals surface area contributed by atoms with E-state index in [1.165, 1.54) is 0 Å². The fraction of sp³-hybridized carbons (Fsp3) is 0.619. The second-order valence-corrected chi connectivity index (χ2v) is 7.92. The van der Waals surface area contributed by atoms with Crippen LogP contribution in [0.3, 0.4) is 0 Å². The molecule has 0 spiro atoms. The molecule has 1 aromatic rings. The number of nitrogens with zero attached hydrogens (tertiary/aromatic N) is 2. The van der Waals surface area contributed by atoms with Gasteiger partial charge in [0, 0.05) is 33.7 Å². The van der Waals surface area contributed by atoms with Crippen molar-refractivity contribution >= 4 is 11.8 Å². The summed E-state index contributed by atoms with van der Waals surface area (Å²) in [7, 11) is 6.81. The van der Waals surface area contributed by atoms with Crippen molar-refractivity contribution in [3.8, 4) is 5.75 Å². The van der Waals surface area contributed by atoms with E-state index in [2.05, 4.69) is 0 Å². The van der Waals surface area contributed by atoms with Crippen molar-refractivity contribution in [2.24, 2.45) is 11.8 Å². The maximum atomic E-state index is 13.0. The Balaban J connectivity index is 2.39. The van der Waals surface area contributed by atoms with Crippen molar-refractivity contribution in [1.82, 2.24) is 9.80 Å². The monoisotopic (exact) mass is 376 g/mol. The third-order valence-electron chi connectivity index (χ3n) is 5.26. The predicted octanol–water partition coefficient (Wildman–Crippen LogP) is 2.22. The topological polar surface area (TPSA) is 59.1 Å². The summed E-state index contributed by atoms with van der Waals surface area (Å²) in [6.07, 6.45) is 1.24. The molecule has 2 atom stereocenters. The summed E-state index contributed by atoms with van der Waals surface area (Å²) in [5.74, 6) is 0.571. The largest absolute Gasteiger partial charge is 0.497 e. The van der Waals surface area contributed by atoms with E-state index in [1.54, 1.807) is 33.2 Å². The van der Waals surface area contributed by atoms with E-state index in [0.717, 1.165) is 11.3 Å². The summed E-state index contributed by atoms with van der Waals surface area (Å²) in [4.78, 5) is 29.1. The molecule has 2 rings (SSSR count). The summed E-state index contributed by atoms with van der Waals surface area (Å²) in [5, 5.41) is 0. The molecule has 1 aromatic carbocycles. The zero-order valence-electron chi connectivity index (χ0n) is 17.3. The maximum absolute atomic E-state index is 13.0. The van der Waals surface area contributed by atoms with E-state index in [1.807, 2.05) is 43.0 Å². The molecule has 6 nitrogen and oxygen atoms in total. The van der Waals surface area contributed by atoms with Gasteiger partial charge in [0.05, 0.1) is 25.2 Å². The Morgan fingerprint density at radius 1 is 1.22 bits per heavy atom. The van der Waals surface area contributed by atoms with Crippen LogP contribution in [0.15, 0.2) is 24.3 Å². The summed E-state index contributed by atoms with van der Waals surface area (Å²) in [5.41, 5.74) is 0.563. The van der Waals surface area contributed by atoms with E-state index in [9.17, 15) is 9.59 Å². The fourth-order valence-electron chi connectivity index (χ4n) is 3.96. The normalized spacial score (nSPS) is 22.2. The van der Waals surface area contributed by atoms with Gasteiger partial charge in [0.15, 0.2) is 0 Å². The van der Waals surface area contributed by atoms with Gasteiger partial charge in [0.2, 0.25) is 11.8 Å². The van der Waals surface area contributed by atoms with Crippen LogP contribution in [0.1, 0.15) is 25.8 Å². The summed E-state index contributed by atoms with van der Waals surface area (Å²) < 4.78 is 10.8. The highest BCUT2D eigenvalue weighted by Gasteiger charge is 2.50. The molecule has 6 heteroatoms. The molecule has 150 valence electrons. The summed E-state index contributed by atoms with van der Waals surface area (Å²) in [6.45, 7) is 4.63. The Kier molecular flexibility index (Phi) is 6.87. The first kappa shape index (κ1) is 21.2. The van der Waals surface area contributed by atoms with Crippen molar-refractivity contribution in [2.75, 3.05) is 41.5 Å². The number of carbonyl (C=O) groups is 2. The van der Waals surface area contributed by atoms with Gasteiger partial charge in [-0.25, -0.2) is 0 Å². The zero-order chi connectivity index (χ0) is 20.2. The minimum Gasteiger partial charge on any atom is -0.497 e. The zero-order valence-corrected chi connectivity index (χ0v) is 17.3. The van der Waals surface area contributed by atoms with Gasteiger partial charge in [-0.1, -0.05) is 26.0 Å². The van der Waals surface area contributed by atoms with Crippen LogP contribution in [-0.4, -0.2) is 68.6 Å². The van der Waals surface area contributed by atoms with Crippen molar-refractivity contribution in [1.29, 1.82) is 0 Å². The van der Waals surface area contributed by atoms with E-state index in [4.69, 9.17) is 9.47 Å². The van der Waals surface area contributed by atoms with Crippen molar-refractivity contribution in [3.63, 3.8) is 0 Å². The lowest BCUT2D eigenvalue weighted by atomic mass is 9.85. The van der Waals surface area contributed by atoms with Gasteiger partial charge >= 0.3 is 0 Å². The number of likely N-dealkylation sites (tertiary alicyclic amines) is 1. The van der Waals surface area contributed by atoms with E-state index in [-0.39, 0.29) is 23.7 Å². The second-order valence-electron chi connectivity index (χ2n) is 7.92. The van der Waals surface area contributed by atoms with Crippen LogP contribution in [0.25, 0.3) is 0 Å². The molecule has 0 saturated carbocycles. The standard InChI is InChI=1S/C21H32N2O4/c1-15(2)19(24)23-13-17(20(25)22(3)4)12-21(23,14-26-5)11-16-7-9-18(27-6)10-8-16/h7-10,15,17H,11-14H2,1-6H3/t17-,21+/m0/s1. The van der Waals surface area contributed by atoms with Crippen LogP contribution in [-0.2, 0) is 20.7 Å². The second kappa shape index (κ2) is 8.74. The quantitative estimate of drug-likeness (QED) is 0.732. The third kappa shape index (κ3) is 4.61. The number of amides is 2. The van der Waals surface area contributed by atoms with Crippen molar-refractivity contribution < 1.29 is 19.1 Å². The molecule has 2 amide bonds. The molecule has 1 aliphatic rings. The fourth-order valence-corrected chi connectivity index (χ4v) is 3.96. The molecule has 0 unspecified atom stereocenters. The Hall–Kier alpha value is -2.08. The number of hydrogen-bond donors (Lipinski definition) is 0. The first-order valence-corrected chi connectivity index (χ1v) is 9.38. The van der Waals surface area contributed by atoms with Gasteiger partial charge in [0.25, 0.3) is 0 Å². The van der Waals surface area contributed by atoms with Gasteiger partial charge in [0.1, 0.15) is 5.75 Å². The minimum absolute atomic E-state index is 0.0595. The molecule has 1 fully saturated rings. The molecule has 0 radical (unpaired) electrons. The summed E-state index contributed by atoms with van der Waals surface area (Å²) >= 11 is 0. The maximum Gasteiger partial charge on any atom is 0.227 e. The minimum atomic E-state index is -0.527. The number of rotatable bonds is 7. The third-order valence-corrected chi connectivity index (χ3v) is 5.26. The Morgan fingerprint density at radius 3 is 2.33 bits per heavy atom. The summed E-state index contributed by atoms with van der Waals surface area (Å²) in [6, 6.07) is 7.86. The van der Waals surface area contributed by atoms with Crippen molar-refractivity contribution in [2.45, 2.75) is 32.2 Å². The van der Waals surface area contributed by atoms with E-state index >= 15 is 0 Å².